The van der Waals surface area contributed by atoms with Gasteiger partial charge >= 0.3 is 0 Å². The molecule has 0 saturated heterocycles. The Morgan fingerprint density at radius 1 is 0.905 bits per heavy atom. The minimum atomic E-state index is -3.55. The normalized spacial score (nSPS) is 14.6. The zero-order chi connectivity index (χ0) is 30.0. The van der Waals surface area contributed by atoms with Crippen molar-refractivity contribution >= 4 is 39.1 Å². The Kier molecular flexibility index (Phi) is 11.4. The highest BCUT2D eigenvalue weighted by atomic mass is 35.5. The number of carbonyl (C=O) groups excluding carboxylic acids is 2. The predicted molar refractivity (Wildman–Crippen MR) is 169 cm³/mol. The smallest absolute Gasteiger partial charge is 0.243 e. The maximum Gasteiger partial charge on any atom is 0.243 e. The lowest BCUT2D eigenvalue weighted by atomic mass is 9.94. The minimum Gasteiger partial charge on any atom is -0.352 e. The Morgan fingerprint density at radius 2 is 1.55 bits per heavy atom. The molecular weight excluding hydrogens is 570 g/mol. The van der Waals surface area contributed by atoms with E-state index in [-0.39, 0.29) is 37.4 Å². The van der Waals surface area contributed by atoms with E-state index in [1.165, 1.54) is 17.0 Å². The van der Waals surface area contributed by atoms with Crippen molar-refractivity contribution in [1.82, 2.24) is 10.2 Å². The summed E-state index contributed by atoms with van der Waals surface area (Å²) in [6.07, 6.45) is 7.13. The molecule has 0 heterocycles. The maximum absolute atomic E-state index is 14.0. The predicted octanol–water partition coefficient (Wildman–Crippen LogP) is 5.98. The summed E-state index contributed by atoms with van der Waals surface area (Å²) in [5.41, 5.74) is 2.33. The molecule has 1 aliphatic rings. The molecule has 42 heavy (non-hydrogen) atoms. The van der Waals surface area contributed by atoms with Crippen LogP contribution in [0.4, 0.5) is 5.69 Å². The Hall–Kier alpha value is -3.36. The molecular formula is C33H40ClN3O4S. The molecule has 0 spiro atoms. The minimum absolute atomic E-state index is 0.0847. The lowest BCUT2D eigenvalue weighted by molar-refractivity contribution is -0.141. The third-order valence-corrected chi connectivity index (χ3v) is 9.09. The van der Waals surface area contributed by atoms with E-state index in [4.69, 9.17) is 11.6 Å². The standard InChI is InChI=1S/C33H40ClN3O4S/c1-42(40,41)37(30-19-9-4-10-20-30)22-12-21-32(38)36(25-27-15-11-16-28(34)23-27)31(24-26-13-5-2-6-14-26)33(39)35-29-17-7-3-8-18-29/h2,4-6,9-11,13-16,19-20,23,29,31H,3,7-8,12,17-18,21-22,24-25H2,1H3,(H,35,39)/t31-/m1/s1. The second-order valence-electron chi connectivity index (χ2n) is 11.0. The molecule has 224 valence electrons. The van der Waals surface area contributed by atoms with Crippen molar-refractivity contribution < 1.29 is 18.0 Å². The van der Waals surface area contributed by atoms with Gasteiger partial charge in [-0.3, -0.25) is 13.9 Å². The van der Waals surface area contributed by atoms with Gasteiger partial charge in [-0.15, -0.1) is 0 Å². The highest BCUT2D eigenvalue weighted by Gasteiger charge is 2.32. The number of halogens is 1. The van der Waals surface area contributed by atoms with Crippen LogP contribution in [0.15, 0.2) is 84.9 Å². The molecule has 3 aromatic rings. The second kappa shape index (κ2) is 15.2. The van der Waals surface area contributed by atoms with Crippen molar-refractivity contribution in [2.24, 2.45) is 0 Å². The van der Waals surface area contributed by atoms with Crippen LogP contribution < -0.4 is 9.62 Å². The molecule has 0 unspecified atom stereocenters. The van der Waals surface area contributed by atoms with E-state index >= 15 is 0 Å². The molecule has 1 aliphatic carbocycles. The van der Waals surface area contributed by atoms with Crippen molar-refractivity contribution in [3.8, 4) is 0 Å². The van der Waals surface area contributed by atoms with Crippen molar-refractivity contribution in [2.75, 3.05) is 17.1 Å². The van der Waals surface area contributed by atoms with Gasteiger partial charge in [0.15, 0.2) is 0 Å². The molecule has 1 saturated carbocycles. The third-order valence-electron chi connectivity index (χ3n) is 7.66. The van der Waals surface area contributed by atoms with Gasteiger partial charge in [-0.05, 0) is 54.7 Å². The van der Waals surface area contributed by atoms with Gasteiger partial charge < -0.3 is 10.2 Å². The third kappa shape index (κ3) is 9.33. The number of nitrogens with one attached hydrogen (secondary N) is 1. The van der Waals surface area contributed by atoms with Crippen LogP contribution in [0.3, 0.4) is 0 Å². The molecule has 1 fully saturated rings. The number of benzene rings is 3. The van der Waals surface area contributed by atoms with Crippen LogP contribution in [0.1, 0.15) is 56.1 Å². The monoisotopic (exact) mass is 609 g/mol. The van der Waals surface area contributed by atoms with Crippen LogP contribution in [-0.2, 0) is 32.6 Å². The lowest BCUT2D eigenvalue weighted by Crippen LogP contribution is -2.52. The summed E-state index contributed by atoms with van der Waals surface area (Å²) in [6, 6.07) is 25.2. The van der Waals surface area contributed by atoms with Crippen LogP contribution >= 0.6 is 11.6 Å². The molecule has 0 aromatic heterocycles. The van der Waals surface area contributed by atoms with Crippen molar-refractivity contribution in [1.29, 1.82) is 0 Å². The lowest BCUT2D eigenvalue weighted by Gasteiger charge is -2.34. The first-order chi connectivity index (χ1) is 20.2. The SMILES string of the molecule is CS(=O)(=O)N(CCCC(=O)N(Cc1cccc(Cl)c1)[C@H](Cc1ccccc1)C(=O)NC1CCCCC1)c1ccccc1. The summed E-state index contributed by atoms with van der Waals surface area (Å²) in [5, 5.41) is 3.79. The van der Waals surface area contributed by atoms with Gasteiger partial charge in [0.05, 0.1) is 11.9 Å². The van der Waals surface area contributed by atoms with Crippen molar-refractivity contribution in [3.63, 3.8) is 0 Å². The van der Waals surface area contributed by atoms with E-state index < -0.39 is 16.1 Å². The Labute approximate surface area is 254 Å². The fraction of sp³-hybridized carbons (Fsp3) is 0.394. The maximum atomic E-state index is 14.0. The summed E-state index contributed by atoms with van der Waals surface area (Å²) in [6.45, 7) is 0.362. The number of anilines is 1. The number of nitrogens with zero attached hydrogens (tertiary/aromatic N) is 2. The molecule has 3 aromatic carbocycles. The summed E-state index contributed by atoms with van der Waals surface area (Å²) >= 11 is 6.28. The molecule has 0 bridgehead atoms. The van der Waals surface area contributed by atoms with E-state index in [0.717, 1.165) is 36.8 Å². The molecule has 9 heteroatoms. The van der Waals surface area contributed by atoms with Crippen LogP contribution in [0.5, 0.6) is 0 Å². The zero-order valence-electron chi connectivity index (χ0n) is 24.1. The van der Waals surface area contributed by atoms with Crippen LogP contribution in [0.25, 0.3) is 0 Å². The molecule has 0 aliphatic heterocycles. The number of hydrogen-bond acceptors (Lipinski definition) is 4. The second-order valence-corrected chi connectivity index (χ2v) is 13.3. The molecule has 1 atom stereocenters. The average molecular weight is 610 g/mol. The van der Waals surface area contributed by atoms with Crippen LogP contribution in [-0.4, -0.2) is 50.0 Å². The fourth-order valence-electron chi connectivity index (χ4n) is 5.53. The highest BCUT2D eigenvalue weighted by molar-refractivity contribution is 7.92. The number of para-hydroxylation sites is 1. The van der Waals surface area contributed by atoms with Crippen molar-refractivity contribution in [3.05, 3.63) is 101 Å². The van der Waals surface area contributed by atoms with Gasteiger partial charge in [0.25, 0.3) is 0 Å². The number of amides is 2. The number of sulfonamides is 1. The van der Waals surface area contributed by atoms with Crippen LogP contribution in [0.2, 0.25) is 5.02 Å². The number of hydrogen-bond donors (Lipinski definition) is 1. The molecule has 2 amide bonds. The molecule has 1 N–H and O–H groups in total. The molecule has 7 nitrogen and oxygen atoms in total. The fourth-order valence-corrected chi connectivity index (χ4v) is 6.71. The van der Waals surface area contributed by atoms with E-state index in [2.05, 4.69) is 5.32 Å². The zero-order valence-corrected chi connectivity index (χ0v) is 25.7. The van der Waals surface area contributed by atoms with Gasteiger partial charge in [0.2, 0.25) is 21.8 Å². The van der Waals surface area contributed by atoms with E-state index in [9.17, 15) is 18.0 Å². The first-order valence-electron chi connectivity index (χ1n) is 14.6. The molecule has 4 rings (SSSR count). The highest BCUT2D eigenvalue weighted by Crippen LogP contribution is 2.22. The summed E-state index contributed by atoms with van der Waals surface area (Å²) < 4.78 is 26.5. The largest absolute Gasteiger partial charge is 0.352 e. The number of rotatable bonds is 13. The van der Waals surface area contributed by atoms with Gasteiger partial charge in [-0.25, -0.2) is 8.42 Å². The summed E-state index contributed by atoms with van der Waals surface area (Å²) in [4.78, 5) is 29.5. The Bertz CT molecular complexity index is 1410. The van der Waals surface area contributed by atoms with Gasteiger partial charge in [-0.1, -0.05) is 91.5 Å². The average Bonchev–Trinajstić information content (AvgIpc) is 2.98. The molecule has 0 radical (unpaired) electrons. The van der Waals surface area contributed by atoms with E-state index in [1.54, 1.807) is 41.3 Å². The van der Waals surface area contributed by atoms with Gasteiger partial charge in [0, 0.05) is 37.0 Å². The van der Waals surface area contributed by atoms with Crippen molar-refractivity contribution in [2.45, 2.75) is 70.0 Å². The topological polar surface area (TPSA) is 86.8 Å². The Balaban J connectivity index is 1.58. The summed E-state index contributed by atoms with van der Waals surface area (Å²) in [7, 11) is -3.55. The van der Waals surface area contributed by atoms with E-state index in [1.807, 2.05) is 48.5 Å². The first kappa shape index (κ1) is 31.6. The Morgan fingerprint density at radius 3 is 2.19 bits per heavy atom. The van der Waals surface area contributed by atoms with Gasteiger partial charge in [-0.2, -0.15) is 0 Å². The number of carbonyl (C=O) groups is 2. The van der Waals surface area contributed by atoms with E-state index in [0.29, 0.717) is 23.6 Å². The first-order valence-corrected chi connectivity index (χ1v) is 16.8. The quantitative estimate of drug-likeness (QED) is 0.258. The summed E-state index contributed by atoms with van der Waals surface area (Å²) in [5.74, 6) is -0.376. The van der Waals surface area contributed by atoms with Gasteiger partial charge in [0.1, 0.15) is 6.04 Å². The van der Waals surface area contributed by atoms with Crippen LogP contribution in [0, 0.1) is 0 Å².